The van der Waals surface area contributed by atoms with Gasteiger partial charge in [-0.1, -0.05) is 25.3 Å². The van der Waals surface area contributed by atoms with Crippen LogP contribution in [0, 0.1) is 5.82 Å². The summed E-state index contributed by atoms with van der Waals surface area (Å²) in [5.41, 5.74) is 6.87. The molecule has 0 saturated heterocycles. The average Bonchev–Trinajstić information content (AvgIpc) is 2.49. The first-order chi connectivity index (χ1) is 9.67. The zero-order valence-electron chi connectivity index (χ0n) is 12.4. The monoisotopic (exact) mass is 280 g/mol. The van der Waals surface area contributed by atoms with Gasteiger partial charge in [0.15, 0.2) is 11.6 Å². The molecule has 1 atom stereocenters. The Hall–Kier alpha value is -1.13. The van der Waals surface area contributed by atoms with E-state index < -0.39 is 0 Å². The molecule has 1 saturated carbocycles. The van der Waals surface area contributed by atoms with Gasteiger partial charge in [-0.2, -0.15) is 0 Å². The molecule has 1 aliphatic rings. The molecule has 0 radical (unpaired) electrons. The summed E-state index contributed by atoms with van der Waals surface area (Å²) in [6, 6.07) is 5.78. The minimum atomic E-state index is -0.319. The third kappa shape index (κ3) is 3.30. The van der Waals surface area contributed by atoms with Crippen molar-refractivity contribution in [3.8, 4) is 5.75 Å². The van der Waals surface area contributed by atoms with Crippen molar-refractivity contribution < 1.29 is 9.13 Å². The van der Waals surface area contributed by atoms with E-state index in [4.69, 9.17) is 10.5 Å². The molecule has 1 aromatic rings. The summed E-state index contributed by atoms with van der Waals surface area (Å²) >= 11 is 0. The molecule has 0 spiro atoms. The Morgan fingerprint density at radius 3 is 2.60 bits per heavy atom. The van der Waals surface area contributed by atoms with Gasteiger partial charge in [0, 0.05) is 18.6 Å². The van der Waals surface area contributed by atoms with Crippen molar-refractivity contribution >= 4 is 0 Å². The van der Waals surface area contributed by atoms with Gasteiger partial charge < -0.3 is 10.5 Å². The van der Waals surface area contributed by atoms with E-state index >= 15 is 0 Å². The second kappa shape index (κ2) is 7.04. The van der Waals surface area contributed by atoms with Crippen molar-refractivity contribution in [3.63, 3.8) is 0 Å². The van der Waals surface area contributed by atoms with Crippen LogP contribution in [0.15, 0.2) is 18.2 Å². The molecule has 0 aromatic heterocycles. The van der Waals surface area contributed by atoms with Crippen LogP contribution in [0.1, 0.15) is 43.7 Å². The van der Waals surface area contributed by atoms with E-state index in [1.54, 1.807) is 12.1 Å². The highest BCUT2D eigenvalue weighted by molar-refractivity contribution is 5.31. The Bertz CT molecular complexity index is 432. The van der Waals surface area contributed by atoms with E-state index in [9.17, 15) is 4.39 Å². The fourth-order valence-electron chi connectivity index (χ4n) is 3.17. The van der Waals surface area contributed by atoms with Gasteiger partial charge in [0.05, 0.1) is 7.11 Å². The Morgan fingerprint density at radius 1 is 1.35 bits per heavy atom. The van der Waals surface area contributed by atoms with Gasteiger partial charge in [-0.15, -0.1) is 0 Å². The largest absolute Gasteiger partial charge is 0.494 e. The number of halogens is 1. The van der Waals surface area contributed by atoms with Crippen LogP contribution in [0.5, 0.6) is 5.75 Å². The predicted octanol–water partition coefficient (Wildman–Crippen LogP) is 3.10. The number of hydrogen-bond acceptors (Lipinski definition) is 3. The van der Waals surface area contributed by atoms with Crippen LogP contribution < -0.4 is 10.5 Å². The quantitative estimate of drug-likeness (QED) is 0.900. The van der Waals surface area contributed by atoms with Crippen LogP contribution in [-0.4, -0.2) is 31.6 Å². The molecule has 0 bridgehead atoms. The zero-order valence-corrected chi connectivity index (χ0v) is 12.4. The summed E-state index contributed by atoms with van der Waals surface area (Å²) in [6.45, 7) is 0.499. The lowest BCUT2D eigenvalue weighted by molar-refractivity contribution is 0.140. The molecular weight excluding hydrogens is 255 g/mol. The van der Waals surface area contributed by atoms with Gasteiger partial charge in [0.2, 0.25) is 0 Å². The van der Waals surface area contributed by atoms with Gasteiger partial charge in [-0.05, 0) is 37.6 Å². The molecule has 0 amide bonds. The van der Waals surface area contributed by atoms with Gasteiger partial charge >= 0.3 is 0 Å². The average molecular weight is 280 g/mol. The second-order valence-corrected chi connectivity index (χ2v) is 5.60. The topological polar surface area (TPSA) is 38.5 Å². The molecule has 0 aliphatic heterocycles. The summed E-state index contributed by atoms with van der Waals surface area (Å²) in [4.78, 5) is 2.32. The number of likely N-dealkylation sites (N-methyl/N-ethyl adjacent to an activating group) is 1. The summed E-state index contributed by atoms with van der Waals surface area (Å²) in [6.07, 6.45) is 6.32. The first-order valence-electron chi connectivity index (χ1n) is 7.42. The number of nitrogens with zero attached hydrogens (tertiary/aromatic N) is 1. The minimum Gasteiger partial charge on any atom is -0.494 e. The van der Waals surface area contributed by atoms with Crippen LogP contribution >= 0.6 is 0 Å². The molecule has 2 N–H and O–H groups in total. The van der Waals surface area contributed by atoms with E-state index in [2.05, 4.69) is 11.9 Å². The Balaban J connectivity index is 2.16. The highest BCUT2D eigenvalue weighted by Gasteiger charge is 2.25. The smallest absolute Gasteiger partial charge is 0.165 e. The van der Waals surface area contributed by atoms with Gasteiger partial charge in [0.25, 0.3) is 0 Å². The third-order valence-corrected chi connectivity index (χ3v) is 4.43. The second-order valence-electron chi connectivity index (χ2n) is 5.60. The molecule has 1 aliphatic carbocycles. The predicted molar refractivity (Wildman–Crippen MR) is 79.4 cm³/mol. The highest BCUT2D eigenvalue weighted by atomic mass is 19.1. The third-order valence-electron chi connectivity index (χ3n) is 4.43. The summed E-state index contributed by atoms with van der Waals surface area (Å²) in [5.74, 6) is -0.0367. The number of rotatable bonds is 5. The number of ether oxygens (including phenoxy) is 1. The molecule has 2 rings (SSSR count). The highest BCUT2D eigenvalue weighted by Crippen LogP contribution is 2.30. The van der Waals surface area contributed by atoms with Gasteiger partial charge in [0.1, 0.15) is 0 Å². The van der Waals surface area contributed by atoms with Gasteiger partial charge in [-0.3, -0.25) is 4.90 Å². The van der Waals surface area contributed by atoms with Crippen molar-refractivity contribution in [2.45, 2.75) is 44.2 Å². The first kappa shape index (κ1) is 15.3. The fraction of sp³-hybridized carbons (Fsp3) is 0.625. The van der Waals surface area contributed by atoms with E-state index in [-0.39, 0.29) is 17.6 Å². The lowest BCUT2D eigenvalue weighted by Gasteiger charge is -2.37. The first-order valence-corrected chi connectivity index (χ1v) is 7.42. The van der Waals surface area contributed by atoms with E-state index in [0.29, 0.717) is 12.6 Å². The number of methoxy groups -OCH3 is 1. The number of hydrogen-bond donors (Lipinski definition) is 1. The normalized spacial score (nSPS) is 18.2. The SMILES string of the molecule is COc1ccc(C(CN)N(C)C2CCCCC2)cc1F. The summed E-state index contributed by atoms with van der Waals surface area (Å²) in [5, 5.41) is 0. The van der Waals surface area contributed by atoms with E-state index in [0.717, 1.165) is 5.56 Å². The molecule has 1 aromatic carbocycles. The van der Waals surface area contributed by atoms with Crippen LogP contribution in [-0.2, 0) is 0 Å². The van der Waals surface area contributed by atoms with E-state index in [1.807, 2.05) is 6.07 Å². The van der Waals surface area contributed by atoms with Crippen molar-refractivity contribution in [2.75, 3.05) is 20.7 Å². The van der Waals surface area contributed by atoms with Crippen molar-refractivity contribution in [1.29, 1.82) is 0 Å². The molecule has 1 unspecified atom stereocenters. The van der Waals surface area contributed by atoms with Crippen molar-refractivity contribution in [3.05, 3.63) is 29.6 Å². The Labute approximate surface area is 120 Å². The fourth-order valence-corrected chi connectivity index (χ4v) is 3.17. The van der Waals surface area contributed by atoms with Crippen molar-refractivity contribution in [2.24, 2.45) is 5.73 Å². The Morgan fingerprint density at radius 2 is 2.05 bits per heavy atom. The van der Waals surface area contributed by atoms with Crippen LogP contribution in [0.2, 0.25) is 0 Å². The Kier molecular flexibility index (Phi) is 5.38. The molecular formula is C16H25FN2O. The number of nitrogens with two attached hydrogens (primary N) is 1. The van der Waals surface area contributed by atoms with Crippen LogP contribution in [0.25, 0.3) is 0 Å². The molecule has 0 heterocycles. The maximum Gasteiger partial charge on any atom is 0.165 e. The number of benzene rings is 1. The molecule has 112 valence electrons. The lowest BCUT2D eigenvalue weighted by Crippen LogP contribution is -2.39. The minimum absolute atomic E-state index is 0.0681. The molecule has 3 nitrogen and oxygen atoms in total. The van der Waals surface area contributed by atoms with Crippen LogP contribution in [0.3, 0.4) is 0 Å². The lowest BCUT2D eigenvalue weighted by atomic mass is 9.92. The zero-order chi connectivity index (χ0) is 14.5. The molecule has 4 heteroatoms. The molecule has 20 heavy (non-hydrogen) atoms. The van der Waals surface area contributed by atoms with Gasteiger partial charge in [-0.25, -0.2) is 4.39 Å². The van der Waals surface area contributed by atoms with Crippen LogP contribution in [0.4, 0.5) is 4.39 Å². The standard InChI is InChI=1S/C16H25FN2O/c1-19(13-6-4-3-5-7-13)15(11-18)12-8-9-16(20-2)14(17)10-12/h8-10,13,15H,3-7,11,18H2,1-2H3. The van der Waals surface area contributed by atoms with E-state index in [1.165, 1.54) is 39.2 Å². The maximum absolute atomic E-state index is 13.9. The maximum atomic E-state index is 13.9. The summed E-state index contributed by atoms with van der Waals surface area (Å²) in [7, 11) is 3.59. The summed E-state index contributed by atoms with van der Waals surface area (Å²) < 4.78 is 18.8. The van der Waals surface area contributed by atoms with Crippen molar-refractivity contribution in [1.82, 2.24) is 4.90 Å². The molecule has 1 fully saturated rings.